The predicted molar refractivity (Wildman–Crippen MR) is 79.7 cm³/mol. The molecule has 0 radical (unpaired) electrons. The summed E-state index contributed by atoms with van der Waals surface area (Å²) in [6.07, 6.45) is 5.93. The van der Waals surface area contributed by atoms with Gasteiger partial charge in [0.2, 0.25) is 0 Å². The molecule has 1 aromatic carbocycles. The Bertz CT molecular complexity index is 526. The summed E-state index contributed by atoms with van der Waals surface area (Å²) in [6, 6.07) is 5.71. The Morgan fingerprint density at radius 2 is 2.05 bits per heavy atom. The van der Waals surface area contributed by atoms with Crippen molar-refractivity contribution < 1.29 is 14.3 Å². The van der Waals surface area contributed by atoms with Gasteiger partial charge in [0.05, 0.1) is 13.2 Å². The highest BCUT2D eigenvalue weighted by Crippen LogP contribution is 2.44. The van der Waals surface area contributed by atoms with Crippen LogP contribution in [0.1, 0.15) is 43.6 Å². The molecule has 3 rings (SSSR count). The van der Waals surface area contributed by atoms with E-state index in [2.05, 4.69) is 5.32 Å². The number of amides is 2. The van der Waals surface area contributed by atoms with Crippen molar-refractivity contribution in [3.63, 3.8) is 0 Å². The van der Waals surface area contributed by atoms with Crippen LogP contribution in [-0.2, 0) is 0 Å². The van der Waals surface area contributed by atoms with E-state index >= 15 is 0 Å². The van der Waals surface area contributed by atoms with Gasteiger partial charge in [0, 0.05) is 12.0 Å². The van der Waals surface area contributed by atoms with Gasteiger partial charge >= 0.3 is 6.03 Å². The molecule has 2 unspecified atom stereocenters. The van der Waals surface area contributed by atoms with Crippen LogP contribution in [0.15, 0.2) is 18.2 Å². The molecule has 1 aromatic rings. The first-order chi connectivity index (χ1) is 10.2. The summed E-state index contributed by atoms with van der Waals surface area (Å²) in [6.45, 7) is 0. The van der Waals surface area contributed by atoms with E-state index in [-0.39, 0.29) is 6.04 Å². The van der Waals surface area contributed by atoms with Gasteiger partial charge in [-0.25, -0.2) is 4.79 Å². The van der Waals surface area contributed by atoms with E-state index in [0.717, 1.165) is 30.8 Å². The molecule has 0 heterocycles. The molecule has 2 saturated carbocycles. The number of urea groups is 1. The molecule has 0 bridgehead atoms. The van der Waals surface area contributed by atoms with E-state index < -0.39 is 6.03 Å². The van der Waals surface area contributed by atoms with Crippen LogP contribution < -0.4 is 20.5 Å². The van der Waals surface area contributed by atoms with Crippen molar-refractivity contribution in [1.82, 2.24) is 5.32 Å². The molecule has 5 heteroatoms. The summed E-state index contributed by atoms with van der Waals surface area (Å²) < 4.78 is 11.5. The SMILES string of the molecule is COc1ccc(C2CC2NC(N)=O)cc1OC1CCCC1. The fraction of sp³-hybridized carbons (Fsp3) is 0.562. The Morgan fingerprint density at radius 1 is 1.29 bits per heavy atom. The summed E-state index contributed by atoms with van der Waals surface area (Å²) in [4.78, 5) is 10.9. The number of hydrogen-bond acceptors (Lipinski definition) is 3. The monoisotopic (exact) mass is 290 g/mol. The topological polar surface area (TPSA) is 73.6 Å². The number of nitrogens with two attached hydrogens (primary N) is 1. The Labute approximate surface area is 124 Å². The average molecular weight is 290 g/mol. The van der Waals surface area contributed by atoms with Crippen LogP contribution in [0.3, 0.4) is 0 Å². The van der Waals surface area contributed by atoms with E-state index in [1.54, 1.807) is 7.11 Å². The number of rotatable bonds is 5. The maximum absolute atomic E-state index is 10.9. The molecule has 2 aliphatic carbocycles. The highest BCUT2D eigenvalue weighted by Gasteiger charge is 2.39. The van der Waals surface area contributed by atoms with Crippen LogP contribution in [0.4, 0.5) is 4.79 Å². The Balaban J connectivity index is 1.72. The van der Waals surface area contributed by atoms with Crippen LogP contribution in [0, 0.1) is 0 Å². The minimum Gasteiger partial charge on any atom is -0.493 e. The number of nitrogens with one attached hydrogen (secondary N) is 1. The molecule has 2 fully saturated rings. The molecule has 3 N–H and O–H groups in total. The molecule has 0 spiro atoms. The molecular weight excluding hydrogens is 268 g/mol. The fourth-order valence-electron chi connectivity index (χ4n) is 3.11. The second-order valence-electron chi connectivity index (χ2n) is 5.89. The number of benzene rings is 1. The molecule has 5 nitrogen and oxygen atoms in total. The van der Waals surface area contributed by atoms with Crippen molar-refractivity contribution in [1.29, 1.82) is 0 Å². The molecule has 0 aliphatic heterocycles. The van der Waals surface area contributed by atoms with E-state index in [9.17, 15) is 4.79 Å². The van der Waals surface area contributed by atoms with E-state index in [0.29, 0.717) is 12.0 Å². The van der Waals surface area contributed by atoms with Gasteiger partial charge in [0.15, 0.2) is 11.5 Å². The second-order valence-corrected chi connectivity index (χ2v) is 5.89. The van der Waals surface area contributed by atoms with Crippen molar-refractivity contribution in [3.8, 4) is 11.5 Å². The Morgan fingerprint density at radius 3 is 2.71 bits per heavy atom. The lowest BCUT2D eigenvalue weighted by atomic mass is 10.1. The van der Waals surface area contributed by atoms with Crippen LogP contribution in [-0.4, -0.2) is 25.3 Å². The summed E-state index contributed by atoms with van der Waals surface area (Å²) in [5.41, 5.74) is 6.33. The third-order valence-corrected chi connectivity index (χ3v) is 4.33. The molecule has 2 aliphatic rings. The van der Waals surface area contributed by atoms with Crippen molar-refractivity contribution in [3.05, 3.63) is 23.8 Å². The maximum Gasteiger partial charge on any atom is 0.312 e. The summed E-state index contributed by atoms with van der Waals surface area (Å²) in [5.74, 6) is 1.91. The Kier molecular flexibility index (Phi) is 3.90. The zero-order valence-electron chi connectivity index (χ0n) is 12.3. The number of ether oxygens (including phenoxy) is 2. The van der Waals surface area contributed by atoms with Gasteiger partial charge < -0.3 is 20.5 Å². The quantitative estimate of drug-likeness (QED) is 0.875. The smallest absolute Gasteiger partial charge is 0.312 e. The maximum atomic E-state index is 10.9. The third-order valence-electron chi connectivity index (χ3n) is 4.33. The van der Waals surface area contributed by atoms with Crippen molar-refractivity contribution in [2.45, 2.75) is 50.2 Å². The predicted octanol–water partition coefficient (Wildman–Crippen LogP) is 2.54. The Hall–Kier alpha value is -1.91. The zero-order chi connectivity index (χ0) is 14.8. The normalized spacial score (nSPS) is 24.6. The first kappa shape index (κ1) is 14.0. The molecular formula is C16H22N2O3. The standard InChI is InChI=1S/C16H22N2O3/c1-20-14-7-6-10(12-9-13(12)18-16(17)19)8-15(14)21-11-4-2-3-5-11/h6-8,11-13H,2-5,9H2,1H3,(H3,17,18,19). The summed E-state index contributed by atoms with van der Waals surface area (Å²) >= 11 is 0. The number of carbonyl (C=O) groups is 1. The van der Waals surface area contributed by atoms with Gasteiger partial charge in [-0.3, -0.25) is 0 Å². The highest BCUT2D eigenvalue weighted by atomic mass is 16.5. The molecule has 21 heavy (non-hydrogen) atoms. The molecule has 114 valence electrons. The number of primary amides is 1. The molecule has 0 aromatic heterocycles. The van der Waals surface area contributed by atoms with Crippen molar-refractivity contribution >= 4 is 6.03 Å². The van der Waals surface area contributed by atoms with Gasteiger partial charge in [-0.2, -0.15) is 0 Å². The van der Waals surface area contributed by atoms with Gasteiger partial charge in [0.1, 0.15) is 0 Å². The lowest BCUT2D eigenvalue weighted by Crippen LogP contribution is -2.31. The number of hydrogen-bond donors (Lipinski definition) is 2. The largest absolute Gasteiger partial charge is 0.493 e. The van der Waals surface area contributed by atoms with Crippen LogP contribution in [0.2, 0.25) is 0 Å². The van der Waals surface area contributed by atoms with Crippen LogP contribution in [0.5, 0.6) is 11.5 Å². The third kappa shape index (κ3) is 3.23. The van der Waals surface area contributed by atoms with Gasteiger partial charge in [-0.05, 0) is 49.8 Å². The lowest BCUT2D eigenvalue weighted by molar-refractivity contribution is 0.200. The average Bonchev–Trinajstić information content (AvgIpc) is 3.01. The fourth-order valence-corrected chi connectivity index (χ4v) is 3.11. The van der Waals surface area contributed by atoms with E-state index in [1.807, 2.05) is 18.2 Å². The molecule has 2 atom stereocenters. The second kappa shape index (κ2) is 5.84. The molecule has 0 saturated heterocycles. The first-order valence-electron chi connectivity index (χ1n) is 7.58. The number of carbonyl (C=O) groups excluding carboxylic acids is 1. The summed E-state index contributed by atoms with van der Waals surface area (Å²) in [7, 11) is 1.66. The van der Waals surface area contributed by atoms with Gasteiger partial charge in [-0.15, -0.1) is 0 Å². The van der Waals surface area contributed by atoms with Crippen LogP contribution in [0.25, 0.3) is 0 Å². The van der Waals surface area contributed by atoms with Gasteiger partial charge in [0.25, 0.3) is 0 Å². The van der Waals surface area contributed by atoms with E-state index in [1.165, 1.54) is 18.4 Å². The van der Waals surface area contributed by atoms with Crippen LogP contribution >= 0.6 is 0 Å². The molecule has 2 amide bonds. The first-order valence-corrected chi connectivity index (χ1v) is 7.58. The minimum atomic E-state index is -0.460. The highest BCUT2D eigenvalue weighted by molar-refractivity contribution is 5.72. The summed E-state index contributed by atoms with van der Waals surface area (Å²) in [5, 5.41) is 2.75. The zero-order valence-corrected chi connectivity index (χ0v) is 12.3. The minimum absolute atomic E-state index is 0.148. The van der Waals surface area contributed by atoms with E-state index in [4.69, 9.17) is 15.2 Å². The van der Waals surface area contributed by atoms with Gasteiger partial charge in [-0.1, -0.05) is 6.07 Å². The lowest BCUT2D eigenvalue weighted by Gasteiger charge is -2.17. The van der Waals surface area contributed by atoms with Crippen molar-refractivity contribution in [2.75, 3.05) is 7.11 Å². The number of methoxy groups -OCH3 is 1. The van der Waals surface area contributed by atoms with Crippen molar-refractivity contribution in [2.24, 2.45) is 5.73 Å².